The molecule has 53 heavy (non-hydrogen) atoms. The molecule has 2 aromatic rings. The highest BCUT2D eigenvalue weighted by Gasteiger charge is 2.48. The molecule has 286 valence electrons. The first kappa shape index (κ1) is 39.5. The van der Waals surface area contributed by atoms with E-state index in [0.717, 1.165) is 37.7 Å². The van der Waals surface area contributed by atoms with Crippen LogP contribution in [0.15, 0.2) is 48.9 Å². The van der Waals surface area contributed by atoms with Crippen LogP contribution in [0.3, 0.4) is 0 Å². The molecule has 0 radical (unpaired) electrons. The molecule has 3 aliphatic rings. The SMILES string of the molecule is CCC1CC[C@@H]2C[C@@H](C(=O)N[C@@H]1C(=O)C(=O)N[C@@H](C)c1ccccc1)N(C(=O)[C@@H](NC(=O)[C@@H](NC(=O)c1cnccn1)C1CCCCC1)C(C)(C)C)C2. The molecule has 0 spiro atoms. The van der Waals surface area contributed by atoms with E-state index in [1.807, 2.05) is 58.0 Å². The molecule has 7 atom stereocenters. The van der Waals surface area contributed by atoms with Crippen LogP contribution in [0.2, 0.25) is 0 Å². The first-order valence-corrected chi connectivity index (χ1v) is 19.2. The van der Waals surface area contributed by atoms with Crippen LogP contribution in [0.4, 0.5) is 0 Å². The van der Waals surface area contributed by atoms with Gasteiger partial charge in [0, 0.05) is 18.9 Å². The predicted molar refractivity (Wildman–Crippen MR) is 198 cm³/mol. The Morgan fingerprint density at radius 1 is 0.943 bits per heavy atom. The maximum absolute atomic E-state index is 14.6. The minimum absolute atomic E-state index is 0.00195. The lowest BCUT2D eigenvalue weighted by atomic mass is 9.82. The zero-order valence-electron chi connectivity index (χ0n) is 31.6. The van der Waals surface area contributed by atoms with E-state index in [4.69, 9.17) is 0 Å². The molecule has 1 aromatic carbocycles. The lowest BCUT2D eigenvalue weighted by Crippen LogP contribution is -2.62. The summed E-state index contributed by atoms with van der Waals surface area (Å²) in [4.78, 5) is 92.6. The summed E-state index contributed by atoms with van der Waals surface area (Å²) in [5.41, 5.74) is 0.186. The Morgan fingerprint density at radius 3 is 2.30 bits per heavy atom. The quantitative estimate of drug-likeness (QED) is 0.253. The van der Waals surface area contributed by atoms with Crippen LogP contribution in [0, 0.1) is 23.2 Å². The van der Waals surface area contributed by atoms with Gasteiger partial charge in [-0.25, -0.2) is 4.98 Å². The van der Waals surface area contributed by atoms with Crippen molar-refractivity contribution in [2.24, 2.45) is 23.2 Å². The number of aromatic nitrogens is 2. The number of nitrogens with zero attached hydrogens (tertiary/aromatic N) is 3. The van der Waals surface area contributed by atoms with E-state index in [9.17, 15) is 28.8 Å². The number of amides is 5. The van der Waals surface area contributed by atoms with Crippen molar-refractivity contribution in [2.45, 2.75) is 123 Å². The number of likely N-dealkylation sites (tertiary alicyclic amines) is 1. The van der Waals surface area contributed by atoms with Gasteiger partial charge in [0.25, 0.3) is 11.8 Å². The second kappa shape index (κ2) is 17.4. The van der Waals surface area contributed by atoms with Gasteiger partial charge in [-0.3, -0.25) is 33.8 Å². The van der Waals surface area contributed by atoms with Crippen molar-refractivity contribution in [3.63, 3.8) is 0 Å². The second-order valence-electron chi connectivity index (χ2n) is 16.1. The molecule has 13 heteroatoms. The zero-order chi connectivity index (χ0) is 38.3. The lowest BCUT2D eigenvalue weighted by molar-refractivity contribution is -0.146. The third-order valence-corrected chi connectivity index (χ3v) is 11.3. The van der Waals surface area contributed by atoms with Gasteiger partial charge in [-0.1, -0.05) is 83.7 Å². The Morgan fingerprint density at radius 2 is 1.66 bits per heavy atom. The van der Waals surface area contributed by atoms with Crippen LogP contribution >= 0.6 is 0 Å². The Balaban J connectivity index is 1.33. The molecule has 2 bridgehead atoms. The highest BCUT2D eigenvalue weighted by atomic mass is 16.2. The van der Waals surface area contributed by atoms with Crippen LogP contribution < -0.4 is 21.3 Å². The highest BCUT2D eigenvalue weighted by molar-refractivity contribution is 6.38. The third-order valence-electron chi connectivity index (χ3n) is 11.3. The molecule has 2 aliphatic heterocycles. The molecule has 13 nitrogen and oxygen atoms in total. The maximum Gasteiger partial charge on any atom is 0.290 e. The zero-order valence-corrected chi connectivity index (χ0v) is 31.6. The number of Topliss-reactive ketones (excluding diaryl/α,β-unsaturated/α-hetero) is 1. The highest BCUT2D eigenvalue weighted by Crippen LogP contribution is 2.35. The summed E-state index contributed by atoms with van der Waals surface area (Å²) in [6, 6.07) is 5.09. The van der Waals surface area contributed by atoms with E-state index in [2.05, 4.69) is 31.2 Å². The minimum Gasteiger partial charge on any atom is -0.344 e. The summed E-state index contributed by atoms with van der Waals surface area (Å²) >= 11 is 0. The number of hydrogen-bond acceptors (Lipinski definition) is 8. The van der Waals surface area contributed by atoms with Gasteiger partial charge >= 0.3 is 0 Å². The van der Waals surface area contributed by atoms with Crippen LogP contribution in [0.25, 0.3) is 0 Å². The average molecular weight is 730 g/mol. The predicted octanol–water partition coefficient (Wildman–Crippen LogP) is 3.65. The minimum atomic E-state index is -1.04. The summed E-state index contributed by atoms with van der Waals surface area (Å²) in [7, 11) is 0. The standard InChI is InChI=1S/C40H55N7O6/c1-6-26-18-17-25-21-30(36(50)44-31(26)33(48)38(52)43-24(2)27-13-9-7-10-14-27)47(23-25)39(53)34(40(3,4)5)46-37(51)32(28-15-11-8-12-16-28)45-35(49)29-22-41-19-20-42-29/h7,9-10,13-14,19-20,22,24-26,28,30-32,34H,6,8,11-12,15-18,21,23H2,1-5H3,(H,43,52)(H,44,50)(H,45,49)(H,46,51)/t24-,25+,26?,30-,31-,32-,34+/m0/s1. The Kier molecular flexibility index (Phi) is 13.0. The van der Waals surface area contributed by atoms with E-state index in [1.54, 1.807) is 6.92 Å². The van der Waals surface area contributed by atoms with E-state index in [-0.39, 0.29) is 23.4 Å². The second-order valence-corrected chi connectivity index (χ2v) is 16.1. The summed E-state index contributed by atoms with van der Waals surface area (Å²) in [6.45, 7) is 9.63. The van der Waals surface area contributed by atoms with Gasteiger partial charge in [-0.2, -0.15) is 0 Å². The van der Waals surface area contributed by atoms with Crippen molar-refractivity contribution in [3.05, 3.63) is 60.2 Å². The van der Waals surface area contributed by atoms with Gasteiger partial charge in [0.2, 0.25) is 23.5 Å². The van der Waals surface area contributed by atoms with Crippen molar-refractivity contribution in [2.75, 3.05) is 6.54 Å². The number of fused-ring (bicyclic) bond motifs is 2. The number of hydrogen-bond donors (Lipinski definition) is 4. The number of carbonyl (C=O) groups excluding carboxylic acids is 6. The number of carbonyl (C=O) groups is 6. The smallest absolute Gasteiger partial charge is 0.290 e. The Hall–Kier alpha value is -4.68. The fourth-order valence-corrected chi connectivity index (χ4v) is 8.10. The van der Waals surface area contributed by atoms with Crippen molar-refractivity contribution < 1.29 is 28.8 Å². The number of benzene rings is 1. The first-order chi connectivity index (χ1) is 25.3. The summed E-state index contributed by atoms with van der Waals surface area (Å²) in [5, 5.41) is 11.6. The fourth-order valence-electron chi connectivity index (χ4n) is 8.10. The number of ketones is 1. The lowest BCUT2D eigenvalue weighted by Gasteiger charge is -2.38. The van der Waals surface area contributed by atoms with Crippen molar-refractivity contribution >= 4 is 35.3 Å². The van der Waals surface area contributed by atoms with Gasteiger partial charge < -0.3 is 26.2 Å². The van der Waals surface area contributed by atoms with Gasteiger partial charge in [-0.15, -0.1) is 0 Å². The topological polar surface area (TPSA) is 180 Å². The maximum atomic E-state index is 14.6. The molecule has 1 aromatic heterocycles. The Labute approximate surface area is 312 Å². The molecular weight excluding hydrogens is 674 g/mol. The molecule has 1 aliphatic carbocycles. The van der Waals surface area contributed by atoms with E-state index in [1.165, 1.54) is 23.5 Å². The first-order valence-electron chi connectivity index (χ1n) is 19.2. The van der Waals surface area contributed by atoms with Crippen LogP contribution in [0.1, 0.15) is 114 Å². The molecule has 3 heterocycles. The molecule has 4 N–H and O–H groups in total. The number of rotatable bonds is 11. The number of nitrogens with one attached hydrogen (secondary N) is 4. The van der Waals surface area contributed by atoms with E-state index < -0.39 is 70.9 Å². The van der Waals surface area contributed by atoms with Crippen molar-refractivity contribution in [3.8, 4) is 0 Å². The van der Waals surface area contributed by atoms with Gasteiger partial charge in [0.15, 0.2) is 0 Å². The van der Waals surface area contributed by atoms with E-state index >= 15 is 0 Å². The third kappa shape index (κ3) is 9.66. The molecular formula is C40H55N7O6. The molecule has 1 unspecified atom stereocenters. The van der Waals surface area contributed by atoms with Crippen molar-refractivity contribution in [1.82, 2.24) is 36.1 Å². The van der Waals surface area contributed by atoms with Gasteiger partial charge in [0.1, 0.15) is 29.9 Å². The normalized spacial score (nSPS) is 23.9. The van der Waals surface area contributed by atoms with Gasteiger partial charge in [0.05, 0.1) is 12.2 Å². The van der Waals surface area contributed by atoms with E-state index in [0.29, 0.717) is 32.2 Å². The van der Waals surface area contributed by atoms with Crippen molar-refractivity contribution in [1.29, 1.82) is 0 Å². The van der Waals surface area contributed by atoms with Crippen LogP contribution in [-0.4, -0.2) is 80.9 Å². The Bertz CT molecular complexity index is 1620. The van der Waals surface area contributed by atoms with Gasteiger partial charge in [-0.05, 0) is 67.8 Å². The molecule has 5 amide bonds. The molecule has 1 saturated carbocycles. The summed E-state index contributed by atoms with van der Waals surface area (Å²) in [5.74, 6) is -3.72. The van der Waals surface area contributed by atoms with Crippen LogP contribution in [-0.2, 0) is 24.0 Å². The summed E-state index contributed by atoms with van der Waals surface area (Å²) < 4.78 is 0. The monoisotopic (exact) mass is 729 g/mol. The molecule has 3 fully saturated rings. The molecule has 5 rings (SSSR count). The fraction of sp³-hybridized carbons (Fsp3) is 0.600. The largest absolute Gasteiger partial charge is 0.344 e. The molecule has 2 saturated heterocycles. The van der Waals surface area contributed by atoms with Crippen LogP contribution in [0.5, 0.6) is 0 Å². The summed E-state index contributed by atoms with van der Waals surface area (Å²) in [6.07, 6.45) is 10.9. The average Bonchev–Trinajstić information content (AvgIpc) is 3.61.